The van der Waals surface area contributed by atoms with Crippen molar-refractivity contribution >= 4 is 34.3 Å². The molecule has 2 N–H and O–H groups in total. The van der Waals surface area contributed by atoms with Gasteiger partial charge in [-0.2, -0.15) is 0 Å². The number of hydrogen-bond donors (Lipinski definition) is 2. The van der Waals surface area contributed by atoms with E-state index < -0.39 is 29.9 Å². The standard InChI is InChI=1S/C24H24N4O5S/c1-4-24(15-8-6-5-7-9-15)21(30)28(23(31)27-24)13-20(29)26-22-25-18(14-34-22)17-11-10-16(32-2)12-19(17)33-3/h5-12,14H,4,13H2,1-3H3,(H,27,31)(H,25,26,29). The molecule has 1 atom stereocenters. The zero-order chi connectivity index (χ0) is 24.3. The summed E-state index contributed by atoms with van der Waals surface area (Å²) in [6.45, 7) is 1.40. The van der Waals surface area contributed by atoms with Gasteiger partial charge in [-0.1, -0.05) is 37.3 Å². The number of anilines is 1. The molecule has 1 fully saturated rings. The maximum absolute atomic E-state index is 13.2. The lowest BCUT2D eigenvalue weighted by molar-refractivity contribution is -0.134. The fraction of sp³-hybridized carbons (Fsp3) is 0.250. The molecule has 0 bridgehead atoms. The number of imide groups is 1. The number of nitrogens with one attached hydrogen (secondary N) is 2. The number of amides is 4. The molecule has 176 valence electrons. The molecule has 2 heterocycles. The smallest absolute Gasteiger partial charge is 0.325 e. The van der Waals surface area contributed by atoms with Crippen LogP contribution in [0.1, 0.15) is 18.9 Å². The van der Waals surface area contributed by atoms with E-state index in [-0.39, 0.29) is 0 Å². The Morgan fingerprint density at radius 3 is 2.59 bits per heavy atom. The third-order valence-corrected chi connectivity index (χ3v) is 6.47. The third kappa shape index (κ3) is 4.19. The van der Waals surface area contributed by atoms with Gasteiger partial charge in [0, 0.05) is 17.0 Å². The zero-order valence-electron chi connectivity index (χ0n) is 19.0. The molecule has 9 nitrogen and oxygen atoms in total. The number of carbonyl (C=O) groups excluding carboxylic acids is 3. The van der Waals surface area contributed by atoms with Crippen molar-refractivity contribution in [3.63, 3.8) is 0 Å². The highest BCUT2D eigenvalue weighted by molar-refractivity contribution is 7.14. The highest BCUT2D eigenvalue weighted by atomic mass is 32.1. The number of methoxy groups -OCH3 is 2. The van der Waals surface area contributed by atoms with Gasteiger partial charge in [0.05, 0.1) is 19.9 Å². The summed E-state index contributed by atoms with van der Waals surface area (Å²) in [6.07, 6.45) is 0.360. The molecule has 0 saturated carbocycles. The van der Waals surface area contributed by atoms with Gasteiger partial charge in [-0.15, -0.1) is 11.3 Å². The lowest BCUT2D eigenvalue weighted by atomic mass is 9.87. The molecule has 34 heavy (non-hydrogen) atoms. The van der Waals surface area contributed by atoms with E-state index in [1.54, 1.807) is 56.0 Å². The zero-order valence-corrected chi connectivity index (χ0v) is 19.8. The van der Waals surface area contributed by atoms with Crippen LogP contribution in [-0.4, -0.2) is 48.5 Å². The molecule has 1 aliphatic rings. The fourth-order valence-corrected chi connectivity index (χ4v) is 4.63. The van der Waals surface area contributed by atoms with E-state index in [0.29, 0.717) is 34.3 Å². The Balaban J connectivity index is 1.47. The van der Waals surface area contributed by atoms with Gasteiger partial charge in [-0.3, -0.25) is 14.5 Å². The van der Waals surface area contributed by atoms with Gasteiger partial charge in [0.25, 0.3) is 5.91 Å². The monoisotopic (exact) mass is 480 g/mol. The highest BCUT2D eigenvalue weighted by Crippen LogP contribution is 2.35. The summed E-state index contributed by atoms with van der Waals surface area (Å²) < 4.78 is 10.6. The van der Waals surface area contributed by atoms with Crippen LogP contribution in [-0.2, 0) is 15.1 Å². The summed E-state index contributed by atoms with van der Waals surface area (Å²) in [5, 5.41) is 7.57. The maximum atomic E-state index is 13.2. The Bertz CT molecular complexity index is 1230. The van der Waals surface area contributed by atoms with E-state index in [9.17, 15) is 14.4 Å². The SMILES string of the molecule is CCC1(c2ccccc2)NC(=O)N(CC(=O)Nc2nc(-c3ccc(OC)cc3OC)cs2)C1=O. The molecule has 1 aliphatic heterocycles. The number of hydrogen-bond acceptors (Lipinski definition) is 7. The molecule has 3 aromatic rings. The maximum Gasteiger partial charge on any atom is 0.325 e. The first-order valence-electron chi connectivity index (χ1n) is 10.6. The first-order chi connectivity index (χ1) is 16.4. The van der Waals surface area contributed by atoms with Gasteiger partial charge in [0.15, 0.2) is 5.13 Å². The number of benzene rings is 2. The van der Waals surface area contributed by atoms with Crippen molar-refractivity contribution in [2.24, 2.45) is 0 Å². The Hall–Kier alpha value is -3.92. The predicted octanol–water partition coefficient (Wildman–Crippen LogP) is 3.62. The number of thiazole rings is 1. The molecule has 0 aliphatic carbocycles. The van der Waals surface area contributed by atoms with Gasteiger partial charge < -0.3 is 20.1 Å². The van der Waals surface area contributed by atoms with Gasteiger partial charge in [-0.05, 0) is 24.1 Å². The minimum absolute atomic E-state index is 0.342. The molecule has 4 amide bonds. The molecule has 1 saturated heterocycles. The second-order valence-electron chi connectivity index (χ2n) is 7.60. The van der Waals surface area contributed by atoms with Crippen molar-refractivity contribution in [2.75, 3.05) is 26.1 Å². The van der Waals surface area contributed by atoms with Crippen LogP contribution in [0.3, 0.4) is 0 Å². The summed E-state index contributed by atoms with van der Waals surface area (Å²) >= 11 is 1.23. The van der Waals surface area contributed by atoms with Crippen LogP contribution < -0.4 is 20.1 Å². The number of aromatic nitrogens is 1. The molecule has 0 radical (unpaired) electrons. The Morgan fingerprint density at radius 2 is 1.91 bits per heavy atom. The number of nitrogens with zero attached hydrogens (tertiary/aromatic N) is 2. The Kier molecular flexibility index (Phi) is 6.51. The average molecular weight is 481 g/mol. The normalized spacial score (nSPS) is 17.4. The molecule has 10 heteroatoms. The van der Waals surface area contributed by atoms with E-state index in [0.717, 1.165) is 10.5 Å². The van der Waals surface area contributed by atoms with E-state index in [1.807, 2.05) is 19.1 Å². The molecule has 2 aromatic carbocycles. The van der Waals surface area contributed by atoms with Crippen LogP contribution in [0, 0.1) is 0 Å². The van der Waals surface area contributed by atoms with Crippen LogP contribution >= 0.6 is 11.3 Å². The van der Waals surface area contributed by atoms with Crippen molar-refractivity contribution in [1.82, 2.24) is 15.2 Å². The minimum Gasteiger partial charge on any atom is -0.497 e. The summed E-state index contributed by atoms with van der Waals surface area (Å²) in [5.41, 5.74) is 0.850. The van der Waals surface area contributed by atoms with Crippen LogP contribution in [0.25, 0.3) is 11.3 Å². The number of rotatable bonds is 8. The molecule has 1 aromatic heterocycles. The summed E-state index contributed by atoms with van der Waals surface area (Å²) in [6, 6.07) is 13.8. The molecular formula is C24H24N4O5S. The average Bonchev–Trinajstić information content (AvgIpc) is 3.42. The molecular weight excluding hydrogens is 456 g/mol. The highest BCUT2D eigenvalue weighted by Gasteiger charge is 2.51. The van der Waals surface area contributed by atoms with Gasteiger partial charge in [-0.25, -0.2) is 9.78 Å². The van der Waals surface area contributed by atoms with E-state index in [2.05, 4.69) is 15.6 Å². The van der Waals surface area contributed by atoms with Gasteiger partial charge >= 0.3 is 6.03 Å². The number of carbonyl (C=O) groups is 3. The van der Waals surface area contributed by atoms with Crippen molar-refractivity contribution in [2.45, 2.75) is 18.9 Å². The number of ether oxygens (including phenoxy) is 2. The predicted molar refractivity (Wildman–Crippen MR) is 128 cm³/mol. The van der Waals surface area contributed by atoms with E-state index >= 15 is 0 Å². The Labute approximate surface area is 200 Å². The molecule has 1 unspecified atom stereocenters. The fourth-order valence-electron chi connectivity index (χ4n) is 3.90. The second kappa shape index (κ2) is 9.52. The first-order valence-corrected chi connectivity index (χ1v) is 11.5. The second-order valence-corrected chi connectivity index (χ2v) is 8.46. The van der Waals surface area contributed by atoms with Crippen LogP contribution in [0.5, 0.6) is 11.5 Å². The number of urea groups is 1. The Morgan fingerprint density at radius 1 is 1.15 bits per heavy atom. The van der Waals surface area contributed by atoms with Crippen LogP contribution in [0.2, 0.25) is 0 Å². The van der Waals surface area contributed by atoms with Gasteiger partial charge in [0.1, 0.15) is 23.6 Å². The third-order valence-electron chi connectivity index (χ3n) is 5.71. The van der Waals surface area contributed by atoms with Crippen molar-refractivity contribution in [3.05, 3.63) is 59.5 Å². The lowest BCUT2D eigenvalue weighted by Gasteiger charge is -2.25. The topological polar surface area (TPSA) is 110 Å². The summed E-state index contributed by atoms with van der Waals surface area (Å²) in [4.78, 5) is 43.9. The first kappa shape index (κ1) is 23.2. The van der Waals surface area contributed by atoms with Crippen molar-refractivity contribution < 1.29 is 23.9 Å². The van der Waals surface area contributed by atoms with E-state index in [4.69, 9.17) is 9.47 Å². The summed E-state index contributed by atoms with van der Waals surface area (Å²) in [5.74, 6) is 0.255. The quantitative estimate of drug-likeness (QED) is 0.477. The van der Waals surface area contributed by atoms with Crippen molar-refractivity contribution in [3.8, 4) is 22.8 Å². The van der Waals surface area contributed by atoms with Gasteiger partial charge in [0.2, 0.25) is 5.91 Å². The lowest BCUT2D eigenvalue weighted by Crippen LogP contribution is -2.44. The van der Waals surface area contributed by atoms with E-state index in [1.165, 1.54) is 11.3 Å². The molecule has 0 spiro atoms. The van der Waals surface area contributed by atoms with Crippen LogP contribution in [0.15, 0.2) is 53.9 Å². The summed E-state index contributed by atoms with van der Waals surface area (Å²) in [7, 11) is 3.12. The molecule has 4 rings (SSSR count). The minimum atomic E-state index is -1.18. The largest absolute Gasteiger partial charge is 0.497 e. The van der Waals surface area contributed by atoms with Crippen molar-refractivity contribution in [1.29, 1.82) is 0 Å². The van der Waals surface area contributed by atoms with Crippen LogP contribution in [0.4, 0.5) is 9.93 Å².